The minimum absolute atomic E-state index is 0.0775. The largest absolute Gasteiger partial charge is 0.433 e. The average Bonchev–Trinajstić information content (AvgIpc) is 3.04. The van der Waals surface area contributed by atoms with Crippen molar-refractivity contribution in [2.24, 2.45) is 0 Å². The van der Waals surface area contributed by atoms with Crippen molar-refractivity contribution in [2.75, 3.05) is 20.1 Å². The molecule has 1 aliphatic rings. The Morgan fingerprint density at radius 2 is 1.82 bits per heavy atom. The van der Waals surface area contributed by atoms with E-state index >= 15 is 0 Å². The van der Waals surface area contributed by atoms with Gasteiger partial charge in [-0.05, 0) is 38.6 Å². The molecule has 0 spiro atoms. The molecule has 1 aromatic carbocycles. The first-order valence-electron chi connectivity index (χ1n) is 8.83. The van der Waals surface area contributed by atoms with Crippen LogP contribution >= 0.6 is 0 Å². The Morgan fingerprint density at radius 3 is 2.46 bits per heavy atom. The van der Waals surface area contributed by atoms with Crippen LogP contribution in [0.1, 0.15) is 35.7 Å². The van der Waals surface area contributed by atoms with Crippen LogP contribution in [0.4, 0.5) is 26.3 Å². The van der Waals surface area contributed by atoms with Crippen LogP contribution in [0.3, 0.4) is 0 Å². The van der Waals surface area contributed by atoms with E-state index in [1.807, 2.05) is 7.05 Å². The Kier molecular flexibility index (Phi) is 4.33. The minimum atomic E-state index is -4.97. The van der Waals surface area contributed by atoms with Crippen LogP contribution in [0, 0.1) is 0 Å². The average molecular weight is 401 g/mol. The number of fused-ring (bicyclic) bond motifs is 3. The molecule has 3 heterocycles. The lowest BCUT2D eigenvalue weighted by molar-refractivity contribution is -0.144. The summed E-state index contributed by atoms with van der Waals surface area (Å²) >= 11 is 0. The second-order valence-electron chi connectivity index (χ2n) is 7.30. The van der Waals surface area contributed by atoms with Crippen molar-refractivity contribution >= 4 is 21.8 Å². The third-order valence-corrected chi connectivity index (χ3v) is 5.25. The maximum Gasteiger partial charge on any atom is 0.433 e. The third kappa shape index (κ3) is 3.32. The molecule has 1 atom stereocenters. The van der Waals surface area contributed by atoms with E-state index in [4.69, 9.17) is 0 Å². The number of rotatable bonds is 1. The lowest BCUT2D eigenvalue weighted by Gasteiger charge is -2.29. The predicted octanol–water partition coefficient (Wildman–Crippen LogP) is 5.56. The first-order chi connectivity index (χ1) is 13.0. The summed E-state index contributed by atoms with van der Waals surface area (Å²) in [5, 5.41) is 0.206. The second-order valence-corrected chi connectivity index (χ2v) is 7.30. The number of nitrogens with zero attached hydrogens (tertiary/aromatic N) is 2. The fraction of sp³-hybridized carbons (Fsp3) is 0.421. The normalized spacial score (nSPS) is 19.6. The van der Waals surface area contributed by atoms with Gasteiger partial charge in [0, 0.05) is 28.9 Å². The first-order valence-corrected chi connectivity index (χ1v) is 8.83. The topological polar surface area (TPSA) is 31.9 Å². The molecule has 9 heteroatoms. The highest BCUT2D eigenvalue weighted by molar-refractivity contribution is 6.04. The summed E-state index contributed by atoms with van der Waals surface area (Å²) in [6, 6.07) is 4.56. The van der Waals surface area contributed by atoms with Gasteiger partial charge in [0.05, 0.1) is 16.6 Å². The number of likely N-dealkylation sites (N-methyl/N-ethyl adjacent to an activating group) is 1. The van der Waals surface area contributed by atoms with Gasteiger partial charge in [0.2, 0.25) is 0 Å². The summed E-state index contributed by atoms with van der Waals surface area (Å²) in [5.41, 5.74) is -2.18. The van der Waals surface area contributed by atoms with Crippen LogP contribution in [0.25, 0.3) is 21.8 Å². The molecule has 0 radical (unpaired) electrons. The standard InChI is InChI=1S/C19H17F6N3/c1-28-6-2-3-11(9-28)14-7-10-4-5-12-13(18(20,21)22)8-15(19(23,24)25)27-17(12)16(10)26-14/h4-5,7-8,11,26H,2-3,6,9H2,1H3. The number of alkyl halides is 6. The summed E-state index contributed by atoms with van der Waals surface area (Å²) in [4.78, 5) is 8.77. The van der Waals surface area contributed by atoms with Gasteiger partial charge in [0.15, 0.2) is 0 Å². The summed E-state index contributed by atoms with van der Waals surface area (Å²) in [6.45, 7) is 1.74. The van der Waals surface area contributed by atoms with Crippen molar-refractivity contribution in [3.63, 3.8) is 0 Å². The van der Waals surface area contributed by atoms with Gasteiger partial charge in [-0.3, -0.25) is 0 Å². The Morgan fingerprint density at radius 1 is 1.07 bits per heavy atom. The molecule has 3 nitrogen and oxygen atoms in total. The number of hydrogen-bond acceptors (Lipinski definition) is 2. The number of pyridine rings is 1. The SMILES string of the molecule is CN1CCCC(c2cc3ccc4c(C(F)(F)F)cc(C(F)(F)F)nc4c3[nH]2)C1. The lowest BCUT2D eigenvalue weighted by Crippen LogP contribution is -2.30. The lowest BCUT2D eigenvalue weighted by atomic mass is 9.95. The van der Waals surface area contributed by atoms with Gasteiger partial charge in [-0.15, -0.1) is 0 Å². The Labute approximate surface area is 156 Å². The fourth-order valence-corrected chi connectivity index (χ4v) is 3.93. The monoisotopic (exact) mass is 401 g/mol. The van der Waals surface area contributed by atoms with E-state index in [1.54, 1.807) is 6.07 Å². The molecule has 0 saturated carbocycles. The van der Waals surface area contributed by atoms with Crippen LogP contribution in [0.5, 0.6) is 0 Å². The summed E-state index contributed by atoms with van der Waals surface area (Å²) < 4.78 is 79.8. The van der Waals surface area contributed by atoms with E-state index in [1.165, 1.54) is 12.1 Å². The Balaban J connectivity index is 1.95. The number of H-pyrrole nitrogens is 1. The number of piperidine rings is 1. The predicted molar refractivity (Wildman–Crippen MR) is 93.1 cm³/mol. The number of aromatic nitrogens is 2. The second kappa shape index (κ2) is 6.37. The van der Waals surface area contributed by atoms with Crippen molar-refractivity contribution in [3.05, 3.63) is 41.2 Å². The maximum absolute atomic E-state index is 13.4. The first kappa shape index (κ1) is 19.0. The summed E-state index contributed by atoms with van der Waals surface area (Å²) in [5.74, 6) is 0.147. The van der Waals surface area contributed by atoms with Crippen molar-refractivity contribution in [3.8, 4) is 0 Å². The van der Waals surface area contributed by atoms with Gasteiger partial charge in [0.1, 0.15) is 5.69 Å². The molecule has 1 saturated heterocycles. The zero-order valence-corrected chi connectivity index (χ0v) is 14.9. The molecule has 1 fully saturated rings. The van der Waals surface area contributed by atoms with Gasteiger partial charge in [0.25, 0.3) is 0 Å². The zero-order valence-electron chi connectivity index (χ0n) is 14.9. The minimum Gasteiger partial charge on any atom is -0.356 e. The molecule has 28 heavy (non-hydrogen) atoms. The number of likely N-dealkylation sites (tertiary alicyclic amines) is 1. The van der Waals surface area contributed by atoms with Crippen LogP contribution in [0.2, 0.25) is 0 Å². The highest BCUT2D eigenvalue weighted by Gasteiger charge is 2.39. The molecule has 1 aliphatic heterocycles. The molecule has 0 bridgehead atoms. The van der Waals surface area contributed by atoms with Crippen LogP contribution in [0.15, 0.2) is 24.3 Å². The highest BCUT2D eigenvalue weighted by Crippen LogP contribution is 2.40. The molecule has 150 valence electrons. The molecule has 1 N–H and O–H groups in total. The summed E-state index contributed by atoms with van der Waals surface area (Å²) in [6.07, 6.45) is -8.01. The number of nitrogens with one attached hydrogen (secondary N) is 1. The van der Waals surface area contributed by atoms with Crippen molar-refractivity contribution in [2.45, 2.75) is 31.1 Å². The van der Waals surface area contributed by atoms with E-state index in [-0.39, 0.29) is 28.4 Å². The third-order valence-electron chi connectivity index (χ3n) is 5.25. The van der Waals surface area contributed by atoms with Crippen molar-refractivity contribution in [1.29, 1.82) is 0 Å². The number of benzene rings is 1. The molecule has 1 unspecified atom stereocenters. The Bertz CT molecular complexity index is 1030. The van der Waals surface area contributed by atoms with Gasteiger partial charge in [-0.1, -0.05) is 12.1 Å². The molecule has 2 aromatic heterocycles. The Hall–Kier alpha value is -2.29. The van der Waals surface area contributed by atoms with Gasteiger partial charge in [-0.2, -0.15) is 26.3 Å². The zero-order chi connectivity index (χ0) is 20.3. The molecular weight excluding hydrogens is 384 g/mol. The van der Waals surface area contributed by atoms with Crippen molar-refractivity contribution in [1.82, 2.24) is 14.9 Å². The molecule has 0 amide bonds. The van der Waals surface area contributed by atoms with Gasteiger partial charge < -0.3 is 9.88 Å². The molecule has 0 aliphatic carbocycles. The number of hydrogen-bond donors (Lipinski definition) is 1. The van der Waals surface area contributed by atoms with Gasteiger partial charge in [-0.25, -0.2) is 4.98 Å². The van der Waals surface area contributed by atoms with E-state index in [2.05, 4.69) is 14.9 Å². The highest BCUT2D eigenvalue weighted by atomic mass is 19.4. The number of aromatic amines is 1. The quantitative estimate of drug-likeness (QED) is 0.541. The van der Waals surface area contributed by atoms with E-state index in [9.17, 15) is 26.3 Å². The van der Waals surface area contributed by atoms with E-state index in [0.29, 0.717) is 5.39 Å². The molecule has 3 aromatic rings. The number of halogens is 6. The summed E-state index contributed by atoms with van der Waals surface area (Å²) in [7, 11) is 1.98. The van der Waals surface area contributed by atoms with Crippen LogP contribution < -0.4 is 0 Å². The molecular formula is C19H17F6N3. The van der Waals surface area contributed by atoms with Gasteiger partial charge >= 0.3 is 12.4 Å². The van der Waals surface area contributed by atoms with Crippen LogP contribution in [-0.2, 0) is 12.4 Å². The maximum atomic E-state index is 13.4. The van der Waals surface area contributed by atoms with E-state index < -0.39 is 23.6 Å². The van der Waals surface area contributed by atoms with Crippen LogP contribution in [-0.4, -0.2) is 35.0 Å². The molecule has 4 rings (SSSR count). The van der Waals surface area contributed by atoms with E-state index in [0.717, 1.165) is 31.6 Å². The smallest absolute Gasteiger partial charge is 0.356 e. The van der Waals surface area contributed by atoms with Crippen molar-refractivity contribution < 1.29 is 26.3 Å². The fourth-order valence-electron chi connectivity index (χ4n) is 3.93.